The van der Waals surface area contributed by atoms with Gasteiger partial charge >= 0.3 is 0 Å². The van der Waals surface area contributed by atoms with Crippen molar-refractivity contribution in [3.63, 3.8) is 0 Å². The zero-order valence-corrected chi connectivity index (χ0v) is 10.3. The predicted octanol–water partition coefficient (Wildman–Crippen LogP) is 4.20. The largest absolute Gasteiger partial charge is 0.207 e. The normalized spacial score (nSPS) is 10.6. The molecular weight excluding hydrogens is 234 g/mol. The molecule has 0 fully saturated rings. The number of halogens is 2. The van der Waals surface area contributed by atoms with Crippen molar-refractivity contribution >= 4 is 23.5 Å². The molecule has 0 radical (unpaired) electrons. The molecule has 0 aromatic heterocycles. The molecule has 4 heteroatoms. The Morgan fingerprint density at radius 1 is 1.00 bits per heavy atom. The molecule has 0 spiro atoms. The lowest BCUT2D eigenvalue weighted by atomic mass is 10.3. The molecule has 0 amide bonds. The summed E-state index contributed by atoms with van der Waals surface area (Å²) in [4.78, 5) is 0.677. The van der Waals surface area contributed by atoms with Crippen LogP contribution in [0.15, 0.2) is 23.1 Å². The van der Waals surface area contributed by atoms with Gasteiger partial charge < -0.3 is 0 Å². The van der Waals surface area contributed by atoms with Crippen LogP contribution in [0.3, 0.4) is 0 Å². The monoisotopic (exact) mass is 248 g/mol. The molecule has 84 valence electrons. The molecule has 0 aliphatic carbocycles. The second kappa shape index (κ2) is 7.12. The van der Waals surface area contributed by atoms with Gasteiger partial charge in [-0.2, -0.15) is 11.8 Å². The highest BCUT2D eigenvalue weighted by molar-refractivity contribution is 7.99. The number of hydrogen-bond donors (Lipinski definition) is 0. The quantitative estimate of drug-likeness (QED) is 0.546. The Morgan fingerprint density at radius 2 is 1.60 bits per heavy atom. The van der Waals surface area contributed by atoms with Gasteiger partial charge in [0.1, 0.15) is 11.6 Å². The van der Waals surface area contributed by atoms with Crippen molar-refractivity contribution in [2.24, 2.45) is 0 Å². The summed E-state index contributed by atoms with van der Waals surface area (Å²) < 4.78 is 25.6. The maximum atomic E-state index is 12.8. The summed E-state index contributed by atoms with van der Waals surface area (Å²) in [6.07, 6.45) is 4.32. The number of rotatable bonds is 6. The molecular formula is C11H14F2S2. The maximum absolute atomic E-state index is 12.8. The van der Waals surface area contributed by atoms with Crippen LogP contribution in [0.4, 0.5) is 8.78 Å². The first kappa shape index (κ1) is 12.8. The zero-order valence-electron chi connectivity index (χ0n) is 8.63. The van der Waals surface area contributed by atoms with Gasteiger partial charge in [-0.15, -0.1) is 11.8 Å². The third kappa shape index (κ3) is 5.42. The summed E-state index contributed by atoms with van der Waals surface area (Å²) in [5, 5.41) is 0. The average molecular weight is 248 g/mol. The van der Waals surface area contributed by atoms with Gasteiger partial charge in [-0.25, -0.2) is 8.78 Å². The number of benzene rings is 1. The molecule has 0 heterocycles. The number of thioether (sulfide) groups is 2. The summed E-state index contributed by atoms with van der Waals surface area (Å²) in [6, 6.07) is 3.66. The van der Waals surface area contributed by atoms with Crippen molar-refractivity contribution in [2.75, 3.05) is 17.8 Å². The SMILES string of the molecule is CSCCCCSc1cc(F)cc(F)c1. The highest BCUT2D eigenvalue weighted by Gasteiger charge is 2.00. The lowest BCUT2D eigenvalue weighted by molar-refractivity contribution is 0.577. The van der Waals surface area contributed by atoms with E-state index in [2.05, 4.69) is 6.26 Å². The molecule has 1 rings (SSSR count). The Balaban J connectivity index is 2.31. The van der Waals surface area contributed by atoms with E-state index in [4.69, 9.17) is 0 Å². The molecule has 0 nitrogen and oxygen atoms in total. The van der Waals surface area contributed by atoms with Crippen LogP contribution in [0.5, 0.6) is 0 Å². The topological polar surface area (TPSA) is 0 Å². The molecule has 15 heavy (non-hydrogen) atoms. The minimum absolute atomic E-state index is 0.499. The van der Waals surface area contributed by atoms with Gasteiger partial charge in [0.05, 0.1) is 0 Å². The van der Waals surface area contributed by atoms with E-state index in [9.17, 15) is 8.78 Å². The molecule has 0 unspecified atom stereocenters. The van der Waals surface area contributed by atoms with Gasteiger partial charge in [-0.3, -0.25) is 0 Å². The van der Waals surface area contributed by atoms with Crippen molar-refractivity contribution in [1.82, 2.24) is 0 Å². The highest BCUT2D eigenvalue weighted by atomic mass is 32.2. The second-order valence-electron chi connectivity index (χ2n) is 3.15. The van der Waals surface area contributed by atoms with Crippen LogP contribution in [0, 0.1) is 11.6 Å². The lowest BCUT2D eigenvalue weighted by Crippen LogP contribution is -1.85. The third-order valence-electron chi connectivity index (χ3n) is 1.85. The number of unbranched alkanes of at least 4 members (excludes halogenated alkanes) is 1. The summed E-state index contributed by atoms with van der Waals surface area (Å²) in [7, 11) is 0. The van der Waals surface area contributed by atoms with Crippen LogP contribution < -0.4 is 0 Å². The van der Waals surface area contributed by atoms with Crippen LogP contribution >= 0.6 is 23.5 Å². The van der Waals surface area contributed by atoms with E-state index in [-0.39, 0.29) is 0 Å². The summed E-state index contributed by atoms with van der Waals surface area (Å²) in [6.45, 7) is 0. The van der Waals surface area contributed by atoms with E-state index in [0.717, 1.165) is 30.4 Å². The smallest absolute Gasteiger partial charge is 0.127 e. The summed E-state index contributed by atoms with van der Waals surface area (Å²) in [5.41, 5.74) is 0. The standard InChI is InChI=1S/C11H14F2S2/c1-14-4-2-3-5-15-11-7-9(12)6-10(13)8-11/h6-8H,2-5H2,1H3. The van der Waals surface area contributed by atoms with Gasteiger partial charge in [0.25, 0.3) is 0 Å². The maximum Gasteiger partial charge on any atom is 0.127 e. The van der Waals surface area contributed by atoms with Crippen LogP contribution in [0.2, 0.25) is 0 Å². The van der Waals surface area contributed by atoms with E-state index >= 15 is 0 Å². The fraction of sp³-hybridized carbons (Fsp3) is 0.455. The molecule has 0 N–H and O–H groups in total. The van der Waals surface area contributed by atoms with E-state index in [1.54, 1.807) is 0 Å². The Morgan fingerprint density at radius 3 is 2.20 bits per heavy atom. The van der Waals surface area contributed by atoms with Gasteiger partial charge in [0.2, 0.25) is 0 Å². The molecule has 0 saturated heterocycles. The van der Waals surface area contributed by atoms with Crippen LogP contribution in [0.1, 0.15) is 12.8 Å². The van der Waals surface area contributed by atoms with Crippen molar-refractivity contribution < 1.29 is 8.78 Å². The van der Waals surface area contributed by atoms with Crippen molar-refractivity contribution in [2.45, 2.75) is 17.7 Å². The molecule has 0 aliphatic rings. The zero-order chi connectivity index (χ0) is 11.1. The lowest BCUT2D eigenvalue weighted by Gasteiger charge is -2.02. The number of hydrogen-bond acceptors (Lipinski definition) is 2. The van der Waals surface area contributed by atoms with E-state index < -0.39 is 11.6 Å². The van der Waals surface area contributed by atoms with E-state index in [0.29, 0.717) is 4.90 Å². The fourth-order valence-electron chi connectivity index (χ4n) is 1.15. The Bertz CT molecular complexity index is 282. The highest BCUT2D eigenvalue weighted by Crippen LogP contribution is 2.21. The van der Waals surface area contributed by atoms with Crippen LogP contribution in [-0.2, 0) is 0 Å². The van der Waals surface area contributed by atoms with Crippen molar-refractivity contribution in [1.29, 1.82) is 0 Å². The van der Waals surface area contributed by atoms with Crippen LogP contribution in [0.25, 0.3) is 0 Å². The average Bonchev–Trinajstić information content (AvgIpc) is 2.16. The Hall–Kier alpha value is -0.220. The van der Waals surface area contributed by atoms with Gasteiger partial charge in [-0.1, -0.05) is 0 Å². The summed E-state index contributed by atoms with van der Waals surface area (Å²) in [5.74, 6) is 1.07. The molecule has 1 aromatic carbocycles. The molecule has 0 aliphatic heterocycles. The summed E-state index contributed by atoms with van der Waals surface area (Å²) >= 11 is 3.33. The Kier molecular flexibility index (Phi) is 6.10. The first-order valence-electron chi connectivity index (χ1n) is 4.80. The minimum atomic E-state index is -0.499. The van der Waals surface area contributed by atoms with Gasteiger partial charge in [0, 0.05) is 11.0 Å². The van der Waals surface area contributed by atoms with E-state index in [1.807, 2.05) is 11.8 Å². The third-order valence-corrected chi connectivity index (χ3v) is 3.61. The molecule has 0 atom stereocenters. The Labute approximate surface area is 97.8 Å². The minimum Gasteiger partial charge on any atom is -0.207 e. The van der Waals surface area contributed by atoms with Crippen molar-refractivity contribution in [3.05, 3.63) is 29.8 Å². The van der Waals surface area contributed by atoms with Crippen LogP contribution in [-0.4, -0.2) is 17.8 Å². The molecule has 0 saturated carbocycles. The molecule has 0 bridgehead atoms. The van der Waals surface area contributed by atoms with Crippen molar-refractivity contribution in [3.8, 4) is 0 Å². The fourth-order valence-corrected chi connectivity index (χ4v) is 2.62. The second-order valence-corrected chi connectivity index (χ2v) is 5.31. The van der Waals surface area contributed by atoms with Gasteiger partial charge in [-0.05, 0) is 42.7 Å². The first-order valence-corrected chi connectivity index (χ1v) is 7.18. The first-order chi connectivity index (χ1) is 7.22. The van der Waals surface area contributed by atoms with Gasteiger partial charge in [0.15, 0.2) is 0 Å². The molecule has 1 aromatic rings. The predicted molar refractivity (Wildman–Crippen MR) is 64.7 cm³/mol. The van der Waals surface area contributed by atoms with E-state index in [1.165, 1.54) is 23.9 Å².